The van der Waals surface area contributed by atoms with Gasteiger partial charge in [0.15, 0.2) is 0 Å². The first kappa shape index (κ1) is 13.2. The first-order valence-electron chi connectivity index (χ1n) is 7.92. The minimum Gasteiger partial charge on any atom is -0.464 e. The molecule has 3 heteroatoms. The maximum Gasteiger partial charge on any atom is 0.121 e. The lowest BCUT2D eigenvalue weighted by atomic mass is 9.94. The predicted molar refractivity (Wildman–Crippen MR) is 77.2 cm³/mol. The second kappa shape index (κ2) is 6.10. The smallest absolute Gasteiger partial charge is 0.121 e. The summed E-state index contributed by atoms with van der Waals surface area (Å²) in [7, 11) is 0. The van der Waals surface area contributed by atoms with Crippen LogP contribution in [0.15, 0.2) is 16.5 Å². The van der Waals surface area contributed by atoms with Gasteiger partial charge in [0.25, 0.3) is 0 Å². The molecule has 1 aliphatic heterocycles. The van der Waals surface area contributed by atoms with Gasteiger partial charge in [-0.2, -0.15) is 0 Å². The second-order valence-corrected chi connectivity index (χ2v) is 5.93. The van der Waals surface area contributed by atoms with Gasteiger partial charge in [0.05, 0.1) is 6.04 Å². The third kappa shape index (κ3) is 2.87. The van der Waals surface area contributed by atoms with E-state index in [1.807, 2.05) is 0 Å². The van der Waals surface area contributed by atoms with Crippen molar-refractivity contribution in [2.45, 2.75) is 45.1 Å². The maximum atomic E-state index is 6.10. The molecule has 2 heterocycles. The third-order valence-electron chi connectivity index (χ3n) is 4.71. The van der Waals surface area contributed by atoms with Gasteiger partial charge in [-0.3, -0.25) is 4.90 Å². The first-order chi connectivity index (χ1) is 9.38. The van der Waals surface area contributed by atoms with Crippen LogP contribution in [0.3, 0.4) is 0 Å². The van der Waals surface area contributed by atoms with Gasteiger partial charge in [-0.05, 0) is 30.9 Å². The molecular formula is C16H26N2O. The zero-order valence-electron chi connectivity index (χ0n) is 12.0. The summed E-state index contributed by atoms with van der Waals surface area (Å²) >= 11 is 0. The van der Waals surface area contributed by atoms with Gasteiger partial charge in [0, 0.05) is 32.6 Å². The van der Waals surface area contributed by atoms with Crippen LogP contribution in [0, 0.1) is 5.92 Å². The largest absolute Gasteiger partial charge is 0.464 e. The van der Waals surface area contributed by atoms with Crippen LogP contribution in [0.5, 0.6) is 0 Å². The third-order valence-corrected chi connectivity index (χ3v) is 4.71. The van der Waals surface area contributed by atoms with Crippen molar-refractivity contribution in [3.63, 3.8) is 0 Å². The Hall–Kier alpha value is -0.800. The normalized spacial score (nSPS) is 23.8. The highest BCUT2D eigenvalue weighted by Gasteiger charge is 2.33. The van der Waals surface area contributed by atoms with Crippen molar-refractivity contribution in [2.24, 2.45) is 5.92 Å². The number of piperazine rings is 1. The first-order valence-corrected chi connectivity index (χ1v) is 7.92. The highest BCUT2D eigenvalue weighted by atomic mass is 16.3. The van der Waals surface area contributed by atoms with Gasteiger partial charge in [0.1, 0.15) is 11.5 Å². The zero-order valence-corrected chi connectivity index (χ0v) is 12.0. The van der Waals surface area contributed by atoms with Gasteiger partial charge < -0.3 is 9.73 Å². The van der Waals surface area contributed by atoms with Crippen molar-refractivity contribution in [1.29, 1.82) is 0 Å². The average Bonchev–Trinajstić information content (AvgIpc) is 3.12. The van der Waals surface area contributed by atoms with Gasteiger partial charge in [-0.15, -0.1) is 0 Å². The molecule has 1 aromatic heterocycles. The van der Waals surface area contributed by atoms with E-state index in [0.29, 0.717) is 6.04 Å². The molecule has 19 heavy (non-hydrogen) atoms. The molecule has 2 fully saturated rings. The Labute approximate surface area is 116 Å². The Morgan fingerprint density at radius 2 is 2.00 bits per heavy atom. The van der Waals surface area contributed by atoms with Crippen LogP contribution in [0.25, 0.3) is 0 Å². The zero-order chi connectivity index (χ0) is 13.1. The van der Waals surface area contributed by atoms with Crippen LogP contribution in [0.1, 0.15) is 50.2 Å². The molecule has 1 aromatic rings. The molecule has 0 amide bonds. The number of nitrogens with zero attached hydrogens (tertiary/aromatic N) is 1. The van der Waals surface area contributed by atoms with Crippen LogP contribution in [-0.4, -0.2) is 31.1 Å². The van der Waals surface area contributed by atoms with Crippen molar-refractivity contribution in [3.8, 4) is 0 Å². The molecule has 0 bridgehead atoms. The SMILES string of the molecule is CCc1ccc([C@H](C2CCCC2)N2CCNCC2)o1. The van der Waals surface area contributed by atoms with Crippen LogP contribution in [0.4, 0.5) is 0 Å². The quantitative estimate of drug-likeness (QED) is 0.904. The van der Waals surface area contributed by atoms with Crippen molar-refractivity contribution in [2.75, 3.05) is 26.2 Å². The molecular weight excluding hydrogens is 236 g/mol. The molecule has 3 nitrogen and oxygen atoms in total. The Kier molecular flexibility index (Phi) is 4.24. The van der Waals surface area contributed by atoms with E-state index in [9.17, 15) is 0 Å². The van der Waals surface area contributed by atoms with Gasteiger partial charge >= 0.3 is 0 Å². The number of aryl methyl sites for hydroxylation is 1. The fourth-order valence-corrected chi connectivity index (χ4v) is 3.69. The molecule has 1 aliphatic carbocycles. The minimum absolute atomic E-state index is 0.518. The highest BCUT2D eigenvalue weighted by molar-refractivity contribution is 5.13. The van der Waals surface area contributed by atoms with E-state index in [0.717, 1.165) is 44.3 Å². The lowest BCUT2D eigenvalue weighted by molar-refractivity contribution is 0.106. The van der Waals surface area contributed by atoms with E-state index in [-0.39, 0.29) is 0 Å². The lowest BCUT2D eigenvalue weighted by Crippen LogP contribution is -2.46. The van der Waals surface area contributed by atoms with Gasteiger partial charge in [-0.1, -0.05) is 19.8 Å². The summed E-state index contributed by atoms with van der Waals surface area (Å²) in [6, 6.07) is 4.91. The van der Waals surface area contributed by atoms with Crippen LogP contribution < -0.4 is 5.32 Å². The van der Waals surface area contributed by atoms with Crippen LogP contribution in [0.2, 0.25) is 0 Å². The molecule has 0 spiro atoms. The number of rotatable bonds is 4. The van der Waals surface area contributed by atoms with E-state index < -0.39 is 0 Å². The van der Waals surface area contributed by atoms with Crippen molar-refractivity contribution in [3.05, 3.63) is 23.7 Å². The van der Waals surface area contributed by atoms with E-state index >= 15 is 0 Å². The predicted octanol–water partition coefficient (Wildman–Crippen LogP) is 2.98. The fraction of sp³-hybridized carbons (Fsp3) is 0.750. The monoisotopic (exact) mass is 262 g/mol. The number of hydrogen-bond acceptors (Lipinski definition) is 3. The summed E-state index contributed by atoms with van der Waals surface area (Å²) < 4.78 is 6.10. The molecule has 1 atom stereocenters. The van der Waals surface area contributed by atoms with Crippen molar-refractivity contribution < 1.29 is 4.42 Å². The standard InChI is InChI=1S/C16H26N2O/c1-2-14-7-8-15(19-14)16(13-5-3-4-6-13)18-11-9-17-10-12-18/h7-8,13,16-17H,2-6,9-12H2,1H3/t16-/m0/s1. The molecule has 0 radical (unpaired) electrons. The summed E-state index contributed by atoms with van der Waals surface area (Å²) in [5.41, 5.74) is 0. The summed E-state index contributed by atoms with van der Waals surface area (Å²) in [5, 5.41) is 3.46. The Bertz CT molecular complexity index is 389. The highest BCUT2D eigenvalue weighted by Crippen LogP contribution is 2.40. The van der Waals surface area contributed by atoms with E-state index in [1.165, 1.54) is 31.4 Å². The van der Waals surface area contributed by atoms with E-state index in [2.05, 4.69) is 29.3 Å². The molecule has 0 aromatic carbocycles. The topological polar surface area (TPSA) is 28.4 Å². The molecule has 2 aliphatic rings. The van der Waals surface area contributed by atoms with Crippen LogP contribution in [-0.2, 0) is 6.42 Å². The summed E-state index contributed by atoms with van der Waals surface area (Å²) in [5.74, 6) is 3.15. The average molecular weight is 262 g/mol. The molecule has 0 unspecified atom stereocenters. The molecule has 106 valence electrons. The van der Waals surface area contributed by atoms with Gasteiger partial charge in [0.2, 0.25) is 0 Å². The summed E-state index contributed by atoms with van der Waals surface area (Å²) in [6.07, 6.45) is 6.54. The molecule has 1 saturated heterocycles. The lowest BCUT2D eigenvalue weighted by Gasteiger charge is -2.37. The Balaban J connectivity index is 1.81. The van der Waals surface area contributed by atoms with E-state index in [4.69, 9.17) is 4.42 Å². The fourth-order valence-electron chi connectivity index (χ4n) is 3.69. The van der Waals surface area contributed by atoms with E-state index in [1.54, 1.807) is 0 Å². The molecule has 1 N–H and O–H groups in total. The summed E-state index contributed by atoms with van der Waals surface area (Å²) in [6.45, 7) is 6.71. The van der Waals surface area contributed by atoms with Crippen molar-refractivity contribution >= 4 is 0 Å². The molecule has 3 rings (SSSR count). The number of nitrogens with one attached hydrogen (secondary N) is 1. The summed E-state index contributed by atoms with van der Waals surface area (Å²) in [4.78, 5) is 2.64. The molecule has 1 saturated carbocycles. The van der Waals surface area contributed by atoms with Crippen LogP contribution >= 0.6 is 0 Å². The number of hydrogen-bond donors (Lipinski definition) is 1. The van der Waals surface area contributed by atoms with Gasteiger partial charge in [-0.25, -0.2) is 0 Å². The Morgan fingerprint density at radius 3 is 2.63 bits per heavy atom. The minimum atomic E-state index is 0.518. The Morgan fingerprint density at radius 1 is 1.26 bits per heavy atom. The van der Waals surface area contributed by atoms with Crippen molar-refractivity contribution in [1.82, 2.24) is 10.2 Å². The number of furan rings is 1. The second-order valence-electron chi connectivity index (χ2n) is 5.93. The maximum absolute atomic E-state index is 6.10.